The van der Waals surface area contributed by atoms with E-state index in [2.05, 4.69) is 0 Å². The van der Waals surface area contributed by atoms with E-state index in [0.29, 0.717) is 0 Å². The molecule has 0 spiro atoms. The molecule has 0 aromatic rings. The summed E-state index contributed by atoms with van der Waals surface area (Å²) in [6.07, 6.45) is 0. The summed E-state index contributed by atoms with van der Waals surface area (Å²) in [7, 11) is 0. The molecule has 0 aliphatic carbocycles. The molecule has 0 amide bonds. The minimum Gasteiger partial charge on any atom is 0 e. The third kappa shape index (κ3) is 25.2. The largest absolute Gasteiger partial charge is 0 e. The summed E-state index contributed by atoms with van der Waals surface area (Å²) < 4.78 is 0. The molecule has 0 heterocycles. The minimum atomic E-state index is 0. The molecule has 0 saturated carbocycles. The van der Waals surface area contributed by atoms with Crippen molar-refractivity contribution in [1.29, 1.82) is 0 Å². The van der Waals surface area contributed by atoms with Gasteiger partial charge in [-0.25, -0.2) is 0 Å². The van der Waals surface area contributed by atoms with E-state index in [1.165, 1.54) is 0 Å². The van der Waals surface area contributed by atoms with Crippen molar-refractivity contribution >= 4 is 73.4 Å². The molecule has 5 heavy (non-hydrogen) atoms. The average Bonchev–Trinajstić information content (AvgIpc) is 0. The predicted molar refractivity (Wildman–Crippen MR) is 28.8 cm³/mol. The Hall–Kier alpha value is 1.87. The number of hydrogen-bond donors (Lipinski definition) is 0. The quantitative estimate of drug-likeness (QED) is 0.340. The summed E-state index contributed by atoms with van der Waals surface area (Å²) in [5.74, 6) is 0. The monoisotopic (exact) mass is 135 g/mol. The molecule has 0 aromatic carbocycles. The van der Waals surface area contributed by atoms with Gasteiger partial charge >= 0.3 is 0 Å². The zero-order chi connectivity index (χ0) is 0. The summed E-state index contributed by atoms with van der Waals surface area (Å²) in [5, 5.41) is 0. The van der Waals surface area contributed by atoms with E-state index in [0.717, 1.165) is 0 Å². The average molecular weight is 135 g/mol. The van der Waals surface area contributed by atoms with E-state index >= 15 is 0 Å². The van der Waals surface area contributed by atoms with Crippen molar-refractivity contribution in [3.8, 4) is 0 Å². The van der Waals surface area contributed by atoms with Crippen LogP contribution in [-0.4, -0.2) is 73.4 Å². The van der Waals surface area contributed by atoms with Gasteiger partial charge in [0.15, 0.2) is 0 Å². The molecular weight excluding hydrogens is 135 g/mol. The molecule has 17 radical (unpaired) electrons. The maximum atomic E-state index is 0. The van der Waals surface area contributed by atoms with Crippen LogP contribution in [0.3, 0.4) is 0 Å². The third-order valence-electron chi connectivity index (χ3n) is 0. The Labute approximate surface area is 72.9 Å². The van der Waals surface area contributed by atoms with Crippen LogP contribution in [0, 0.1) is 0 Å². The van der Waals surface area contributed by atoms with Gasteiger partial charge in [-0.2, -0.15) is 0 Å². The Kier molecular flexibility index (Phi) is 540. The zero-order valence-corrected chi connectivity index (χ0v) is 9.00. The van der Waals surface area contributed by atoms with Gasteiger partial charge < -0.3 is 0 Å². The van der Waals surface area contributed by atoms with E-state index < -0.39 is 0 Å². The van der Waals surface area contributed by atoms with Gasteiger partial charge in [0.25, 0.3) is 0 Å². The fourth-order valence-corrected chi connectivity index (χ4v) is 0. The van der Waals surface area contributed by atoms with Crippen molar-refractivity contribution in [1.82, 2.24) is 0 Å². The SMILES string of the molecule is [Na].[Si].[Si].[Si].[Si]. The van der Waals surface area contributed by atoms with Crippen LogP contribution < -0.4 is 0 Å². The van der Waals surface area contributed by atoms with E-state index in [1.807, 2.05) is 0 Å². The van der Waals surface area contributed by atoms with Crippen LogP contribution in [0.4, 0.5) is 0 Å². The van der Waals surface area contributed by atoms with Crippen LogP contribution >= 0.6 is 0 Å². The van der Waals surface area contributed by atoms with Gasteiger partial charge in [-0.3, -0.25) is 0 Å². The summed E-state index contributed by atoms with van der Waals surface area (Å²) in [5.41, 5.74) is 0. The van der Waals surface area contributed by atoms with E-state index in [4.69, 9.17) is 0 Å². The molecule has 0 aliphatic heterocycles. The molecule has 0 nitrogen and oxygen atoms in total. The normalized spacial score (nSPS) is 0. The molecule has 0 N–H and O–H groups in total. The fraction of sp³-hybridized carbons (Fsp3) is 0. The minimum absolute atomic E-state index is 0. The van der Waals surface area contributed by atoms with E-state index in [9.17, 15) is 0 Å². The van der Waals surface area contributed by atoms with Gasteiger partial charge in [-0.1, -0.05) is 0 Å². The topological polar surface area (TPSA) is 0 Å². The molecule has 17 valence electrons. The summed E-state index contributed by atoms with van der Waals surface area (Å²) >= 11 is 0. The fourth-order valence-electron chi connectivity index (χ4n) is 0. The Morgan fingerprint density at radius 2 is 0.400 bits per heavy atom. The van der Waals surface area contributed by atoms with Crippen molar-refractivity contribution < 1.29 is 0 Å². The smallest absolute Gasteiger partial charge is 0 e. The van der Waals surface area contributed by atoms with Gasteiger partial charge in [-0.15, -0.1) is 0 Å². The second-order valence-electron chi connectivity index (χ2n) is 0. The predicted octanol–water partition coefficient (Wildman–Crippen LogP) is -1.90. The molecule has 5 heteroatoms. The summed E-state index contributed by atoms with van der Waals surface area (Å²) in [4.78, 5) is 0. The maximum Gasteiger partial charge on any atom is 0 e. The Balaban J connectivity index is 0. The maximum absolute atomic E-state index is 0. The van der Waals surface area contributed by atoms with Crippen LogP contribution in [0.5, 0.6) is 0 Å². The molecule has 0 unspecified atom stereocenters. The van der Waals surface area contributed by atoms with Crippen LogP contribution in [0.25, 0.3) is 0 Å². The van der Waals surface area contributed by atoms with Crippen molar-refractivity contribution in [3.63, 3.8) is 0 Å². The molecule has 0 atom stereocenters. The molecule has 0 bridgehead atoms. The van der Waals surface area contributed by atoms with Crippen molar-refractivity contribution in [2.24, 2.45) is 0 Å². The van der Waals surface area contributed by atoms with E-state index in [1.54, 1.807) is 0 Å². The van der Waals surface area contributed by atoms with Gasteiger partial charge in [0.1, 0.15) is 0 Å². The van der Waals surface area contributed by atoms with Gasteiger partial charge in [0.05, 0.1) is 0 Å². The van der Waals surface area contributed by atoms with Crippen LogP contribution in [0.15, 0.2) is 0 Å². The van der Waals surface area contributed by atoms with Crippen molar-refractivity contribution in [3.05, 3.63) is 0 Å². The Morgan fingerprint density at radius 3 is 0.400 bits per heavy atom. The van der Waals surface area contributed by atoms with Crippen LogP contribution in [0.1, 0.15) is 0 Å². The molecule has 0 aliphatic rings. The van der Waals surface area contributed by atoms with Gasteiger partial charge in [-0.05, 0) is 0 Å². The van der Waals surface area contributed by atoms with E-state index in [-0.39, 0.29) is 73.4 Å². The Bertz CT molecular complexity index is 3.61. The second-order valence-corrected chi connectivity index (χ2v) is 0. The zero-order valence-electron chi connectivity index (χ0n) is 3.00. The molecule has 0 fully saturated rings. The van der Waals surface area contributed by atoms with Gasteiger partial charge in [0.2, 0.25) is 0 Å². The summed E-state index contributed by atoms with van der Waals surface area (Å²) in [6.45, 7) is 0. The van der Waals surface area contributed by atoms with Crippen LogP contribution in [-0.2, 0) is 0 Å². The molecular formula is NaSi4. The standard InChI is InChI=1S/Na.4Si. The number of rotatable bonds is 0. The Morgan fingerprint density at radius 1 is 0.400 bits per heavy atom. The first kappa shape index (κ1) is 67.8. The first-order chi connectivity index (χ1) is 0. The first-order valence-corrected chi connectivity index (χ1v) is 0. The third-order valence-corrected chi connectivity index (χ3v) is 0. The van der Waals surface area contributed by atoms with Gasteiger partial charge in [0, 0.05) is 73.4 Å². The molecule has 0 rings (SSSR count). The van der Waals surface area contributed by atoms with Crippen molar-refractivity contribution in [2.75, 3.05) is 0 Å². The molecule has 0 aromatic heterocycles. The number of hydrogen-bond acceptors (Lipinski definition) is 0. The first-order valence-electron chi connectivity index (χ1n) is 0. The molecule has 0 saturated heterocycles. The summed E-state index contributed by atoms with van der Waals surface area (Å²) in [6, 6.07) is 0. The second kappa shape index (κ2) is 39.9. The van der Waals surface area contributed by atoms with Crippen molar-refractivity contribution in [2.45, 2.75) is 0 Å². The van der Waals surface area contributed by atoms with Crippen LogP contribution in [0.2, 0.25) is 0 Å².